The van der Waals surface area contributed by atoms with E-state index in [-0.39, 0.29) is 11.1 Å². The molecule has 5 heteroatoms. The number of allylic oxidation sites excluding steroid dienone is 1. The Morgan fingerprint density at radius 1 is 1.35 bits per heavy atom. The summed E-state index contributed by atoms with van der Waals surface area (Å²) in [5.41, 5.74) is 8.09. The Balaban J connectivity index is 2.30. The lowest BCUT2D eigenvalue weighted by Gasteiger charge is -2.11. The number of carbonyl (C=O) groups is 2. The Labute approximate surface area is 123 Å². The van der Waals surface area contributed by atoms with Gasteiger partial charge in [0.1, 0.15) is 0 Å². The van der Waals surface area contributed by atoms with Crippen molar-refractivity contribution in [3.8, 4) is 0 Å². The zero-order valence-electron chi connectivity index (χ0n) is 11.7. The van der Waals surface area contributed by atoms with E-state index in [1.807, 2.05) is 32.0 Å². The zero-order valence-corrected chi connectivity index (χ0v) is 12.5. The number of nitrogens with zero attached hydrogens (tertiary/aromatic N) is 1. The van der Waals surface area contributed by atoms with Crippen LogP contribution in [0, 0.1) is 0 Å². The van der Waals surface area contributed by atoms with Crippen molar-refractivity contribution in [1.82, 2.24) is 4.90 Å². The monoisotopic (exact) mass is 290 g/mol. The van der Waals surface area contributed by atoms with E-state index in [9.17, 15) is 9.59 Å². The maximum absolute atomic E-state index is 12.3. The van der Waals surface area contributed by atoms with Crippen LogP contribution in [0.2, 0.25) is 0 Å². The van der Waals surface area contributed by atoms with Crippen molar-refractivity contribution < 1.29 is 9.59 Å². The predicted octanol–water partition coefficient (Wildman–Crippen LogP) is 3.50. The Morgan fingerprint density at radius 3 is 2.75 bits per heavy atom. The van der Waals surface area contributed by atoms with Gasteiger partial charge in [-0.1, -0.05) is 25.5 Å². The third kappa shape index (κ3) is 2.88. The highest BCUT2D eigenvalue weighted by atomic mass is 32.2. The fourth-order valence-electron chi connectivity index (χ4n) is 2.04. The molecular formula is C15H18N2O2S. The number of nitrogen functional groups attached to an aromatic ring is 1. The largest absolute Gasteiger partial charge is 0.399 e. The molecule has 0 spiro atoms. The highest BCUT2D eigenvalue weighted by Gasteiger charge is 2.35. The molecule has 0 unspecified atom stereocenters. The summed E-state index contributed by atoms with van der Waals surface area (Å²) in [6.45, 7) is 4.38. The lowest BCUT2D eigenvalue weighted by Crippen LogP contribution is -2.29. The fourth-order valence-corrected chi connectivity index (χ4v) is 2.97. The van der Waals surface area contributed by atoms with Gasteiger partial charge in [0.25, 0.3) is 11.1 Å². The summed E-state index contributed by atoms with van der Waals surface area (Å²) in [5.74, 6) is -0.187. The second-order valence-corrected chi connectivity index (χ2v) is 5.72. The lowest BCUT2D eigenvalue weighted by molar-refractivity contribution is -0.122. The summed E-state index contributed by atoms with van der Waals surface area (Å²) in [6, 6.07) is 7.35. The molecule has 20 heavy (non-hydrogen) atoms. The Morgan fingerprint density at radius 2 is 2.10 bits per heavy atom. The van der Waals surface area contributed by atoms with Crippen LogP contribution < -0.4 is 5.73 Å². The summed E-state index contributed by atoms with van der Waals surface area (Å²) in [7, 11) is 0. The molecule has 0 atom stereocenters. The number of anilines is 1. The van der Waals surface area contributed by atoms with Gasteiger partial charge >= 0.3 is 0 Å². The molecule has 0 bridgehead atoms. The highest BCUT2D eigenvalue weighted by Crippen LogP contribution is 2.36. The van der Waals surface area contributed by atoms with Crippen molar-refractivity contribution in [3.05, 3.63) is 34.7 Å². The molecule has 1 aromatic rings. The van der Waals surface area contributed by atoms with Gasteiger partial charge in [-0.2, -0.15) is 0 Å². The van der Waals surface area contributed by atoms with Crippen molar-refractivity contribution in [1.29, 1.82) is 0 Å². The maximum atomic E-state index is 12.3. The molecule has 1 fully saturated rings. The van der Waals surface area contributed by atoms with Crippen molar-refractivity contribution in [3.63, 3.8) is 0 Å². The van der Waals surface area contributed by atoms with E-state index in [1.54, 1.807) is 6.07 Å². The highest BCUT2D eigenvalue weighted by molar-refractivity contribution is 8.18. The van der Waals surface area contributed by atoms with E-state index in [0.717, 1.165) is 35.7 Å². The average Bonchev–Trinajstić information content (AvgIpc) is 2.71. The molecule has 1 heterocycles. The van der Waals surface area contributed by atoms with E-state index in [0.29, 0.717) is 17.1 Å². The third-order valence-corrected chi connectivity index (χ3v) is 4.32. The first kappa shape index (κ1) is 14.7. The van der Waals surface area contributed by atoms with Gasteiger partial charge in [0.2, 0.25) is 0 Å². The zero-order chi connectivity index (χ0) is 14.7. The van der Waals surface area contributed by atoms with Crippen LogP contribution in [0.3, 0.4) is 0 Å². The number of carbonyl (C=O) groups excluding carboxylic acids is 2. The third-order valence-electron chi connectivity index (χ3n) is 3.24. The summed E-state index contributed by atoms with van der Waals surface area (Å²) < 4.78 is 0. The standard InChI is InChI=1S/C15H18N2O2S/c1-3-4-8-17-14(18)13(20-15(17)19)10(2)11-6-5-7-12(16)9-11/h5-7,9H,3-4,8,16H2,1-2H3/b13-10-. The quantitative estimate of drug-likeness (QED) is 0.681. The second-order valence-electron chi connectivity index (χ2n) is 4.76. The predicted molar refractivity (Wildman–Crippen MR) is 83.1 cm³/mol. The van der Waals surface area contributed by atoms with Gasteiger partial charge in [0, 0.05) is 12.2 Å². The molecule has 1 aliphatic heterocycles. The molecule has 0 radical (unpaired) electrons. The van der Waals surface area contributed by atoms with Crippen molar-refractivity contribution in [2.75, 3.05) is 12.3 Å². The Bertz CT molecular complexity index is 581. The first-order chi connectivity index (χ1) is 9.54. The first-order valence-corrected chi connectivity index (χ1v) is 7.46. The van der Waals surface area contributed by atoms with Crippen LogP contribution in [-0.4, -0.2) is 22.6 Å². The van der Waals surface area contributed by atoms with Gasteiger partial charge in [-0.3, -0.25) is 14.5 Å². The van der Waals surface area contributed by atoms with Crippen LogP contribution >= 0.6 is 11.8 Å². The smallest absolute Gasteiger partial charge is 0.293 e. The van der Waals surface area contributed by atoms with Crippen LogP contribution in [0.15, 0.2) is 29.2 Å². The molecular weight excluding hydrogens is 272 g/mol. The van der Waals surface area contributed by atoms with Crippen LogP contribution in [0.5, 0.6) is 0 Å². The molecule has 0 aliphatic carbocycles. The minimum atomic E-state index is -0.187. The van der Waals surface area contributed by atoms with E-state index in [4.69, 9.17) is 5.73 Å². The van der Waals surface area contributed by atoms with Crippen LogP contribution in [-0.2, 0) is 4.79 Å². The number of benzene rings is 1. The molecule has 4 nitrogen and oxygen atoms in total. The summed E-state index contributed by atoms with van der Waals surface area (Å²) in [4.78, 5) is 26.1. The van der Waals surface area contributed by atoms with Crippen molar-refractivity contribution >= 4 is 34.2 Å². The van der Waals surface area contributed by atoms with Crippen molar-refractivity contribution in [2.24, 2.45) is 0 Å². The van der Waals surface area contributed by atoms with Gasteiger partial charge in [-0.05, 0) is 48.4 Å². The van der Waals surface area contributed by atoms with Gasteiger partial charge in [0.05, 0.1) is 4.91 Å². The van der Waals surface area contributed by atoms with E-state index >= 15 is 0 Å². The molecule has 0 aromatic heterocycles. The lowest BCUT2D eigenvalue weighted by atomic mass is 10.1. The summed E-state index contributed by atoms with van der Waals surface area (Å²) in [6.07, 6.45) is 1.79. The summed E-state index contributed by atoms with van der Waals surface area (Å²) in [5, 5.41) is -0.179. The number of thioether (sulfide) groups is 1. The van der Waals surface area contributed by atoms with Gasteiger partial charge in [-0.15, -0.1) is 0 Å². The fraction of sp³-hybridized carbons (Fsp3) is 0.333. The molecule has 2 amide bonds. The topological polar surface area (TPSA) is 63.4 Å². The average molecular weight is 290 g/mol. The van der Waals surface area contributed by atoms with Gasteiger partial charge in [-0.25, -0.2) is 0 Å². The van der Waals surface area contributed by atoms with E-state index in [1.165, 1.54) is 4.90 Å². The number of hydrogen-bond acceptors (Lipinski definition) is 4. The Hall–Kier alpha value is -1.75. The van der Waals surface area contributed by atoms with E-state index < -0.39 is 0 Å². The minimum absolute atomic E-state index is 0.179. The maximum Gasteiger partial charge on any atom is 0.293 e. The minimum Gasteiger partial charge on any atom is -0.399 e. The molecule has 1 aliphatic rings. The SMILES string of the molecule is CCCCN1C(=O)S/C(=C(/C)c2cccc(N)c2)C1=O. The molecule has 2 N–H and O–H groups in total. The van der Waals surface area contributed by atoms with Gasteiger partial charge < -0.3 is 5.73 Å². The first-order valence-electron chi connectivity index (χ1n) is 6.65. The molecule has 2 rings (SSSR count). The Kier molecular flexibility index (Phi) is 4.49. The van der Waals surface area contributed by atoms with Crippen LogP contribution in [0.4, 0.5) is 10.5 Å². The number of imide groups is 1. The number of unbranched alkanes of at least 4 members (excludes halogenated alkanes) is 1. The van der Waals surface area contributed by atoms with Crippen LogP contribution in [0.25, 0.3) is 5.57 Å². The van der Waals surface area contributed by atoms with Crippen molar-refractivity contribution in [2.45, 2.75) is 26.7 Å². The normalized spacial score (nSPS) is 17.8. The molecule has 1 saturated heterocycles. The van der Waals surface area contributed by atoms with Crippen LogP contribution in [0.1, 0.15) is 32.3 Å². The van der Waals surface area contributed by atoms with E-state index in [2.05, 4.69) is 0 Å². The second kappa shape index (κ2) is 6.13. The number of rotatable bonds is 4. The molecule has 106 valence electrons. The molecule has 0 saturated carbocycles. The van der Waals surface area contributed by atoms with Gasteiger partial charge in [0.15, 0.2) is 0 Å². The number of amides is 2. The number of nitrogens with two attached hydrogens (primary N) is 1. The number of hydrogen-bond donors (Lipinski definition) is 1. The molecule has 1 aromatic carbocycles. The summed E-state index contributed by atoms with van der Waals surface area (Å²) >= 11 is 1.02.